The van der Waals surface area contributed by atoms with Gasteiger partial charge in [0, 0.05) is 11.4 Å². The highest BCUT2D eigenvalue weighted by Gasteiger charge is 2.07. The topological polar surface area (TPSA) is 52.0 Å². The van der Waals surface area contributed by atoms with E-state index in [2.05, 4.69) is 4.98 Å². The number of nitrogens with two attached hydrogens (primary N) is 1. The molecule has 0 bridgehead atoms. The lowest BCUT2D eigenvalue weighted by Gasteiger charge is -1.98. The van der Waals surface area contributed by atoms with Crippen molar-refractivity contribution in [1.29, 1.82) is 0 Å². The zero-order valence-corrected chi connectivity index (χ0v) is 9.08. The molecule has 0 aliphatic heterocycles. The number of aryl methyl sites for hydroxylation is 1. The lowest BCUT2D eigenvalue weighted by atomic mass is 10.1. The molecule has 0 amide bonds. The molecular weight excluding hydrogens is 212 g/mol. The van der Waals surface area contributed by atoms with E-state index in [1.165, 1.54) is 0 Å². The van der Waals surface area contributed by atoms with Crippen LogP contribution in [0.15, 0.2) is 28.7 Å². The van der Waals surface area contributed by atoms with Gasteiger partial charge in [-0.1, -0.05) is 23.7 Å². The first kappa shape index (κ1) is 10.1. The van der Waals surface area contributed by atoms with Crippen LogP contribution < -0.4 is 5.73 Å². The van der Waals surface area contributed by atoms with Crippen molar-refractivity contribution in [3.05, 3.63) is 46.3 Å². The summed E-state index contributed by atoms with van der Waals surface area (Å²) in [5.74, 6) is 0.801. The number of hydrogen-bond acceptors (Lipinski definition) is 3. The fourth-order valence-electron chi connectivity index (χ4n) is 1.40. The molecule has 1 heterocycles. The molecule has 15 heavy (non-hydrogen) atoms. The summed E-state index contributed by atoms with van der Waals surface area (Å²) in [4.78, 5) is 4.01. The Hall–Kier alpha value is -1.48. The molecule has 0 aliphatic carbocycles. The average molecular weight is 223 g/mol. The summed E-state index contributed by atoms with van der Waals surface area (Å²) in [5.41, 5.74) is 7.42. The van der Waals surface area contributed by atoms with Crippen molar-refractivity contribution in [2.45, 2.75) is 13.3 Å². The zero-order chi connectivity index (χ0) is 10.8. The van der Waals surface area contributed by atoms with Crippen LogP contribution in [0.25, 0.3) is 0 Å². The third kappa shape index (κ3) is 2.30. The van der Waals surface area contributed by atoms with Gasteiger partial charge in [-0.3, -0.25) is 0 Å². The van der Waals surface area contributed by atoms with Gasteiger partial charge in [0.2, 0.25) is 0 Å². The normalized spacial score (nSPS) is 10.5. The second-order valence-corrected chi connectivity index (χ2v) is 3.80. The van der Waals surface area contributed by atoms with Gasteiger partial charge >= 0.3 is 0 Å². The smallest absolute Gasteiger partial charge is 0.292 e. The Morgan fingerprint density at radius 2 is 2.00 bits per heavy atom. The lowest BCUT2D eigenvalue weighted by Crippen LogP contribution is -1.88. The van der Waals surface area contributed by atoms with Crippen LogP contribution in [0.5, 0.6) is 0 Å². The number of benzene rings is 1. The third-order valence-corrected chi connectivity index (χ3v) is 2.44. The maximum absolute atomic E-state index is 5.79. The number of nitrogens with zero attached hydrogens (tertiary/aromatic N) is 1. The molecule has 78 valence electrons. The fraction of sp³-hybridized carbons (Fsp3) is 0.182. The predicted molar refractivity (Wildman–Crippen MR) is 59.9 cm³/mol. The SMILES string of the molecule is Cc1nc(N)oc1Cc1ccc(Cl)cc1. The number of halogens is 1. The first-order valence-corrected chi connectivity index (χ1v) is 4.99. The van der Waals surface area contributed by atoms with Crippen LogP contribution in [0.1, 0.15) is 17.0 Å². The van der Waals surface area contributed by atoms with Crippen LogP contribution in [-0.4, -0.2) is 4.98 Å². The molecule has 2 N–H and O–H groups in total. The Bertz CT molecular complexity index is 462. The summed E-state index contributed by atoms with van der Waals surface area (Å²) in [5, 5.41) is 0.729. The van der Waals surface area contributed by atoms with Crippen molar-refractivity contribution in [2.75, 3.05) is 5.73 Å². The van der Waals surface area contributed by atoms with E-state index < -0.39 is 0 Å². The van der Waals surface area contributed by atoms with Crippen LogP contribution in [0, 0.1) is 6.92 Å². The maximum Gasteiger partial charge on any atom is 0.292 e. The van der Waals surface area contributed by atoms with Gasteiger partial charge in [-0.05, 0) is 24.6 Å². The first-order valence-electron chi connectivity index (χ1n) is 4.61. The monoisotopic (exact) mass is 222 g/mol. The van der Waals surface area contributed by atoms with Crippen LogP contribution in [0.3, 0.4) is 0 Å². The summed E-state index contributed by atoms with van der Waals surface area (Å²) in [6.07, 6.45) is 0.688. The number of hydrogen-bond donors (Lipinski definition) is 1. The molecule has 0 unspecified atom stereocenters. The summed E-state index contributed by atoms with van der Waals surface area (Å²) in [6, 6.07) is 7.84. The van der Waals surface area contributed by atoms with Crippen LogP contribution in [0.2, 0.25) is 5.02 Å². The number of aromatic nitrogens is 1. The van der Waals surface area contributed by atoms with Crippen molar-refractivity contribution < 1.29 is 4.42 Å². The molecule has 0 radical (unpaired) electrons. The molecule has 1 aromatic heterocycles. The van der Waals surface area contributed by atoms with Crippen molar-refractivity contribution in [3.63, 3.8) is 0 Å². The van der Waals surface area contributed by atoms with E-state index in [4.69, 9.17) is 21.8 Å². The van der Waals surface area contributed by atoms with Gasteiger partial charge in [0.1, 0.15) is 5.76 Å². The zero-order valence-electron chi connectivity index (χ0n) is 8.33. The number of oxazole rings is 1. The van der Waals surface area contributed by atoms with E-state index in [1.54, 1.807) is 0 Å². The molecule has 0 saturated heterocycles. The summed E-state index contributed by atoms with van der Waals surface area (Å²) < 4.78 is 5.28. The Balaban J connectivity index is 2.21. The molecule has 0 saturated carbocycles. The molecule has 0 atom stereocenters. The minimum atomic E-state index is 0.219. The third-order valence-electron chi connectivity index (χ3n) is 2.19. The first-order chi connectivity index (χ1) is 7.15. The molecule has 4 heteroatoms. The molecule has 2 aromatic rings. The van der Waals surface area contributed by atoms with E-state index in [0.29, 0.717) is 6.42 Å². The van der Waals surface area contributed by atoms with Gasteiger partial charge in [-0.2, -0.15) is 4.98 Å². The van der Waals surface area contributed by atoms with Gasteiger partial charge in [-0.15, -0.1) is 0 Å². The van der Waals surface area contributed by atoms with Gasteiger partial charge in [0.15, 0.2) is 0 Å². The van der Waals surface area contributed by atoms with Crippen LogP contribution in [0.4, 0.5) is 6.01 Å². The van der Waals surface area contributed by atoms with E-state index in [1.807, 2.05) is 31.2 Å². The number of anilines is 1. The quantitative estimate of drug-likeness (QED) is 0.850. The molecule has 0 fully saturated rings. The Kier molecular flexibility index (Phi) is 2.64. The standard InChI is InChI=1S/C11H11ClN2O/c1-7-10(15-11(13)14-7)6-8-2-4-9(12)5-3-8/h2-5H,6H2,1H3,(H2,13,14). The summed E-state index contributed by atoms with van der Waals surface area (Å²) in [6.45, 7) is 1.88. The molecule has 0 aliphatic rings. The molecule has 0 spiro atoms. The Morgan fingerprint density at radius 1 is 1.33 bits per heavy atom. The largest absolute Gasteiger partial charge is 0.428 e. The highest BCUT2D eigenvalue weighted by molar-refractivity contribution is 6.30. The van der Waals surface area contributed by atoms with E-state index >= 15 is 0 Å². The molecule has 3 nitrogen and oxygen atoms in total. The Labute approximate surface area is 92.9 Å². The van der Waals surface area contributed by atoms with Crippen LogP contribution in [-0.2, 0) is 6.42 Å². The van der Waals surface area contributed by atoms with E-state index in [0.717, 1.165) is 22.0 Å². The Morgan fingerprint density at radius 3 is 2.53 bits per heavy atom. The van der Waals surface area contributed by atoms with Gasteiger partial charge in [-0.25, -0.2) is 0 Å². The predicted octanol–water partition coefficient (Wildman–Crippen LogP) is 2.81. The van der Waals surface area contributed by atoms with Crippen molar-refractivity contribution in [2.24, 2.45) is 0 Å². The highest BCUT2D eigenvalue weighted by Crippen LogP contribution is 2.17. The van der Waals surface area contributed by atoms with E-state index in [-0.39, 0.29) is 6.01 Å². The minimum Gasteiger partial charge on any atom is -0.428 e. The van der Waals surface area contributed by atoms with Gasteiger partial charge in [0.05, 0.1) is 5.69 Å². The highest BCUT2D eigenvalue weighted by atomic mass is 35.5. The molecule has 2 rings (SSSR count). The summed E-state index contributed by atoms with van der Waals surface area (Å²) in [7, 11) is 0. The molecular formula is C11H11ClN2O. The van der Waals surface area contributed by atoms with Crippen molar-refractivity contribution >= 4 is 17.6 Å². The maximum atomic E-state index is 5.79. The van der Waals surface area contributed by atoms with E-state index in [9.17, 15) is 0 Å². The van der Waals surface area contributed by atoms with Crippen molar-refractivity contribution in [1.82, 2.24) is 4.98 Å². The van der Waals surface area contributed by atoms with Crippen LogP contribution >= 0.6 is 11.6 Å². The fourth-order valence-corrected chi connectivity index (χ4v) is 1.53. The average Bonchev–Trinajstić information content (AvgIpc) is 2.49. The minimum absolute atomic E-state index is 0.219. The number of nitrogen functional groups attached to an aromatic ring is 1. The molecule has 1 aromatic carbocycles. The summed E-state index contributed by atoms with van der Waals surface area (Å²) >= 11 is 5.79. The number of rotatable bonds is 2. The second-order valence-electron chi connectivity index (χ2n) is 3.36. The second kappa shape index (κ2) is 3.95. The van der Waals surface area contributed by atoms with Crippen molar-refractivity contribution in [3.8, 4) is 0 Å². The van der Waals surface area contributed by atoms with Gasteiger partial charge in [0.25, 0.3) is 6.01 Å². The van der Waals surface area contributed by atoms with Gasteiger partial charge < -0.3 is 10.2 Å². The lowest BCUT2D eigenvalue weighted by molar-refractivity contribution is 0.532.